The second-order valence-corrected chi connectivity index (χ2v) is 7.80. The van der Waals surface area contributed by atoms with E-state index in [1.54, 1.807) is 24.0 Å². The summed E-state index contributed by atoms with van der Waals surface area (Å²) in [6.45, 7) is 6.20. The van der Waals surface area contributed by atoms with E-state index < -0.39 is 4.92 Å². The molecule has 0 radical (unpaired) electrons. The van der Waals surface area contributed by atoms with Gasteiger partial charge >= 0.3 is 6.09 Å². The number of piperidine rings is 1. The number of carbonyl (C=O) groups excluding carboxylic acids is 1. The Morgan fingerprint density at radius 1 is 1.29 bits per heavy atom. The van der Waals surface area contributed by atoms with Gasteiger partial charge in [-0.15, -0.1) is 0 Å². The van der Waals surface area contributed by atoms with E-state index in [1.807, 2.05) is 0 Å². The number of nitro groups is 1. The maximum Gasteiger partial charge on any atom is 0.409 e. The molecule has 31 heavy (non-hydrogen) atoms. The molecule has 2 aliphatic rings. The molecule has 0 bridgehead atoms. The quantitative estimate of drug-likeness (QED) is 0.293. The summed E-state index contributed by atoms with van der Waals surface area (Å²) in [5, 5.41) is 17.7. The van der Waals surface area contributed by atoms with Gasteiger partial charge in [-0.3, -0.25) is 10.1 Å². The molecule has 1 unspecified atom stereocenters. The van der Waals surface area contributed by atoms with Gasteiger partial charge in [0.1, 0.15) is 0 Å². The Balaban J connectivity index is 1.57. The molecule has 0 saturated carbocycles. The molecule has 2 saturated heterocycles. The molecule has 0 aromatic heterocycles. The van der Waals surface area contributed by atoms with Crippen molar-refractivity contribution in [3.63, 3.8) is 0 Å². The lowest BCUT2D eigenvalue weighted by Gasteiger charge is -2.32. The third-order valence-corrected chi connectivity index (χ3v) is 5.51. The lowest BCUT2D eigenvalue weighted by atomic mass is 10.1. The van der Waals surface area contributed by atoms with Gasteiger partial charge in [-0.2, -0.15) is 0 Å². The zero-order chi connectivity index (χ0) is 22.1. The second kappa shape index (κ2) is 11.5. The number of nitrogens with one attached hydrogen (secondary N) is 2. The van der Waals surface area contributed by atoms with Crippen LogP contribution in [0.5, 0.6) is 0 Å². The molecule has 2 heterocycles. The SMILES string of the molecule is CCOC(=O)N1CCC(NC(=NCc2ccc([N+](=O)[O-])cc2)NCC2CCOC2)CC1. The Labute approximate surface area is 182 Å². The predicted octanol–water partition coefficient (Wildman–Crippen LogP) is 2.29. The first-order chi connectivity index (χ1) is 15.0. The first-order valence-corrected chi connectivity index (χ1v) is 10.8. The largest absolute Gasteiger partial charge is 0.450 e. The molecule has 2 aliphatic heterocycles. The van der Waals surface area contributed by atoms with Gasteiger partial charge in [-0.05, 0) is 31.7 Å². The van der Waals surface area contributed by atoms with Crippen LogP contribution in [-0.2, 0) is 16.0 Å². The number of benzene rings is 1. The van der Waals surface area contributed by atoms with Crippen LogP contribution in [0, 0.1) is 16.0 Å². The van der Waals surface area contributed by atoms with Crippen LogP contribution in [0.4, 0.5) is 10.5 Å². The highest BCUT2D eigenvalue weighted by Crippen LogP contribution is 2.14. The van der Waals surface area contributed by atoms with Crippen LogP contribution in [0.25, 0.3) is 0 Å². The normalized spacial score (nSPS) is 19.8. The van der Waals surface area contributed by atoms with E-state index >= 15 is 0 Å². The van der Waals surface area contributed by atoms with Gasteiger partial charge in [-0.25, -0.2) is 9.79 Å². The summed E-state index contributed by atoms with van der Waals surface area (Å²) in [6, 6.07) is 6.64. The molecule has 1 atom stereocenters. The zero-order valence-electron chi connectivity index (χ0n) is 17.9. The standard InChI is InChI=1S/C21H31N5O5/c1-2-31-21(27)25-10-7-18(8-11-25)24-20(23-14-17-9-12-30-15-17)22-13-16-3-5-19(6-4-16)26(28)29/h3-6,17-18H,2,7-15H2,1H3,(H2,22,23,24). The summed E-state index contributed by atoms with van der Waals surface area (Å²) in [5.41, 5.74) is 0.965. The number of hydrogen-bond donors (Lipinski definition) is 2. The molecule has 170 valence electrons. The summed E-state index contributed by atoms with van der Waals surface area (Å²) in [7, 11) is 0. The first kappa shape index (κ1) is 22.8. The number of amides is 1. The van der Waals surface area contributed by atoms with Crippen LogP contribution in [0.15, 0.2) is 29.3 Å². The molecular weight excluding hydrogens is 402 g/mol. The van der Waals surface area contributed by atoms with Crippen molar-refractivity contribution in [2.45, 2.75) is 38.8 Å². The molecule has 0 aliphatic carbocycles. The molecule has 1 amide bonds. The highest BCUT2D eigenvalue weighted by molar-refractivity contribution is 5.80. The average molecular weight is 434 g/mol. The van der Waals surface area contributed by atoms with Crippen molar-refractivity contribution in [1.29, 1.82) is 0 Å². The van der Waals surface area contributed by atoms with Crippen LogP contribution in [-0.4, -0.2) is 67.4 Å². The maximum absolute atomic E-state index is 11.9. The highest BCUT2D eigenvalue weighted by atomic mass is 16.6. The van der Waals surface area contributed by atoms with E-state index in [2.05, 4.69) is 15.6 Å². The monoisotopic (exact) mass is 433 g/mol. The van der Waals surface area contributed by atoms with E-state index in [-0.39, 0.29) is 17.8 Å². The van der Waals surface area contributed by atoms with Crippen molar-refractivity contribution >= 4 is 17.7 Å². The van der Waals surface area contributed by atoms with Crippen LogP contribution in [0.1, 0.15) is 31.7 Å². The van der Waals surface area contributed by atoms with Crippen LogP contribution in [0.2, 0.25) is 0 Å². The Bertz CT molecular complexity index is 756. The number of ether oxygens (including phenoxy) is 2. The lowest BCUT2D eigenvalue weighted by Crippen LogP contribution is -2.50. The predicted molar refractivity (Wildman–Crippen MR) is 116 cm³/mol. The summed E-state index contributed by atoms with van der Waals surface area (Å²) < 4.78 is 10.5. The summed E-state index contributed by atoms with van der Waals surface area (Å²) in [6.07, 6.45) is 2.39. The topological polar surface area (TPSA) is 118 Å². The molecule has 1 aromatic rings. The number of hydrogen-bond acceptors (Lipinski definition) is 6. The number of guanidine groups is 1. The number of nitrogens with zero attached hydrogens (tertiary/aromatic N) is 3. The Hall–Kier alpha value is -2.88. The van der Waals surface area contributed by atoms with Gasteiger partial charge in [-0.1, -0.05) is 12.1 Å². The van der Waals surface area contributed by atoms with Gasteiger partial charge in [0.2, 0.25) is 0 Å². The van der Waals surface area contributed by atoms with E-state index in [0.29, 0.717) is 38.1 Å². The van der Waals surface area contributed by atoms with Crippen LogP contribution >= 0.6 is 0 Å². The van der Waals surface area contributed by atoms with E-state index in [1.165, 1.54) is 12.1 Å². The molecule has 0 spiro atoms. The minimum Gasteiger partial charge on any atom is -0.450 e. The van der Waals surface area contributed by atoms with Gasteiger partial charge in [0.25, 0.3) is 5.69 Å². The molecule has 10 heteroatoms. The number of nitro benzene ring substituents is 1. The van der Waals surface area contributed by atoms with E-state index in [4.69, 9.17) is 9.47 Å². The lowest BCUT2D eigenvalue weighted by molar-refractivity contribution is -0.384. The number of likely N-dealkylation sites (tertiary alicyclic amines) is 1. The van der Waals surface area contributed by atoms with Gasteiger partial charge in [0, 0.05) is 50.3 Å². The molecular formula is C21H31N5O5. The Morgan fingerprint density at radius 3 is 2.65 bits per heavy atom. The minimum atomic E-state index is -0.409. The summed E-state index contributed by atoms with van der Waals surface area (Å²) in [4.78, 5) is 28.7. The van der Waals surface area contributed by atoms with Crippen molar-refractivity contribution in [3.05, 3.63) is 39.9 Å². The molecule has 1 aromatic carbocycles. The third-order valence-electron chi connectivity index (χ3n) is 5.51. The number of non-ortho nitro benzene ring substituents is 1. The van der Waals surface area contributed by atoms with Crippen molar-refractivity contribution in [1.82, 2.24) is 15.5 Å². The van der Waals surface area contributed by atoms with Gasteiger partial charge < -0.3 is 25.0 Å². The van der Waals surface area contributed by atoms with E-state index in [0.717, 1.165) is 44.6 Å². The van der Waals surface area contributed by atoms with Crippen LogP contribution < -0.4 is 10.6 Å². The molecule has 10 nitrogen and oxygen atoms in total. The fraction of sp³-hybridized carbons (Fsp3) is 0.619. The zero-order valence-corrected chi connectivity index (χ0v) is 17.9. The third kappa shape index (κ3) is 7.09. The van der Waals surface area contributed by atoms with E-state index in [9.17, 15) is 14.9 Å². The summed E-state index contributed by atoms with van der Waals surface area (Å²) in [5.74, 6) is 1.16. The highest BCUT2D eigenvalue weighted by Gasteiger charge is 2.24. The Morgan fingerprint density at radius 2 is 2.03 bits per heavy atom. The molecule has 2 fully saturated rings. The fourth-order valence-corrected chi connectivity index (χ4v) is 3.65. The van der Waals surface area contributed by atoms with Crippen molar-refractivity contribution in [2.24, 2.45) is 10.9 Å². The first-order valence-electron chi connectivity index (χ1n) is 10.8. The smallest absolute Gasteiger partial charge is 0.409 e. The number of carbonyl (C=O) groups is 1. The number of rotatable bonds is 7. The average Bonchev–Trinajstić information content (AvgIpc) is 3.30. The van der Waals surface area contributed by atoms with Crippen molar-refractivity contribution in [3.8, 4) is 0 Å². The molecule has 2 N–H and O–H groups in total. The fourth-order valence-electron chi connectivity index (χ4n) is 3.65. The van der Waals surface area contributed by atoms with Gasteiger partial charge in [0.05, 0.1) is 24.7 Å². The second-order valence-electron chi connectivity index (χ2n) is 7.80. The van der Waals surface area contributed by atoms with Gasteiger partial charge in [0.15, 0.2) is 5.96 Å². The van der Waals surface area contributed by atoms with Crippen molar-refractivity contribution < 1.29 is 19.2 Å². The summed E-state index contributed by atoms with van der Waals surface area (Å²) >= 11 is 0. The van der Waals surface area contributed by atoms with Crippen LogP contribution in [0.3, 0.4) is 0 Å². The maximum atomic E-state index is 11.9. The minimum absolute atomic E-state index is 0.0683. The molecule has 3 rings (SSSR count). The number of aliphatic imine (C=N–C) groups is 1. The van der Waals surface area contributed by atoms with Crippen molar-refractivity contribution in [2.75, 3.05) is 39.5 Å². The Kier molecular flexibility index (Phi) is 8.45.